The van der Waals surface area contributed by atoms with Crippen molar-refractivity contribution in [3.8, 4) is 5.75 Å². The molecule has 0 radical (unpaired) electrons. The average molecular weight is 352 g/mol. The van der Waals surface area contributed by atoms with E-state index in [4.69, 9.17) is 4.74 Å². The fourth-order valence-corrected chi connectivity index (χ4v) is 2.90. The largest absolute Gasteiger partial charge is 0.497 e. The maximum Gasteiger partial charge on any atom is 0.123 e. The summed E-state index contributed by atoms with van der Waals surface area (Å²) in [4.78, 5) is 0. The zero-order chi connectivity index (χ0) is 15.4. The number of ether oxygens (including phenoxy) is 1. The standard InChI is InChI=1S/C17H19BrFNO/c1-4-20-17(14-7-5-12(19)9-11(14)2)15-10-13(21-3)6-8-16(15)18/h5-10,17,20H,4H2,1-3H3. The van der Waals surface area contributed by atoms with Gasteiger partial charge in [-0.15, -0.1) is 0 Å². The molecular weight excluding hydrogens is 333 g/mol. The second-order valence-corrected chi connectivity index (χ2v) is 5.73. The summed E-state index contributed by atoms with van der Waals surface area (Å²) in [5.74, 6) is 0.590. The van der Waals surface area contributed by atoms with Crippen LogP contribution in [0.5, 0.6) is 5.75 Å². The van der Waals surface area contributed by atoms with Gasteiger partial charge in [0.15, 0.2) is 0 Å². The highest BCUT2D eigenvalue weighted by Gasteiger charge is 2.18. The van der Waals surface area contributed by atoms with E-state index in [2.05, 4.69) is 28.2 Å². The third kappa shape index (κ3) is 3.63. The molecule has 0 fully saturated rings. The van der Waals surface area contributed by atoms with Crippen molar-refractivity contribution in [2.45, 2.75) is 19.9 Å². The van der Waals surface area contributed by atoms with Gasteiger partial charge in [-0.2, -0.15) is 0 Å². The number of methoxy groups -OCH3 is 1. The van der Waals surface area contributed by atoms with Gasteiger partial charge in [0.1, 0.15) is 11.6 Å². The van der Waals surface area contributed by atoms with Crippen LogP contribution in [0.1, 0.15) is 29.7 Å². The van der Waals surface area contributed by atoms with Crippen molar-refractivity contribution in [3.63, 3.8) is 0 Å². The van der Waals surface area contributed by atoms with Crippen molar-refractivity contribution in [3.05, 3.63) is 63.4 Å². The summed E-state index contributed by atoms with van der Waals surface area (Å²) >= 11 is 3.60. The van der Waals surface area contributed by atoms with E-state index in [1.165, 1.54) is 6.07 Å². The third-order valence-electron chi connectivity index (χ3n) is 3.47. The molecule has 1 N–H and O–H groups in total. The first-order valence-electron chi connectivity index (χ1n) is 6.89. The SMILES string of the molecule is CCNC(c1ccc(F)cc1C)c1cc(OC)ccc1Br. The number of nitrogens with one attached hydrogen (secondary N) is 1. The highest BCUT2D eigenvalue weighted by Crippen LogP contribution is 2.33. The van der Waals surface area contributed by atoms with Crippen LogP contribution in [-0.2, 0) is 0 Å². The minimum Gasteiger partial charge on any atom is -0.497 e. The zero-order valence-electron chi connectivity index (χ0n) is 12.4. The maximum absolute atomic E-state index is 13.3. The molecule has 0 heterocycles. The highest BCUT2D eigenvalue weighted by molar-refractivity contribution is 9.10. The Morgan fingerprint density at radius 3 is 2.57 bits per heavy atom. The van der Waals surface area contributed by atoms with Crippen molar-refractivity contribution in [1.82, 2.24) is 5.32 Å². The second-order valence-electron chi connectivity index (χ2n) is 4.88. The highest BCUT2D eigenvalue weighted by atomic mass is 79.9. The summed E-state index contributed by atoms with van der Waals surface area (Å²) in [5, 5.41) is 3.46. The lowest BCUT2D eigenvalue weighted by molar-refractivity contribution is 0.413. The van der Waals surface area contributed by atoms with Crippen molar-refractivity contribution in [1.29, 1.82) is 0 Å². The maximum atomic E-state index is 13.3. The molecule has 0 saturated heterocycles. The molecule has 21 heavy (non-hydrogen) atoms. The second kappa shape index (κ2) is 7.05. The molecule has 0 aromatic heterocycles. The Kier molecular flexibility index (Phi) is 5.37. The quantitative estimate of drug-likeness (QED) is 0.849. The van der Waals surface area contributed by atoms with Crippen LogP contribution in [0, 0.1) is 12.7 Å². The molecule has 2 aromatic carbocycles. The van der Waals surface area contributed by atoms with Crippen LogP contribution in [0.2, 0.25) is 0 Å². The van der Waals surface area contributed by atoms with Crippen LogP contribution in [0.15, 0.2) is 40.9 Å². The lowest BCUT2D eigenvalue weighted by Gasteiger charge is -2.22. The predicted octanol–water partition coefficient (Wildman–Crippen LogP) is 4.60. The monoisotopic (exact) mass is 351 g/mol. The van der Waals surface area contributed by atoms with Gasteiger partial charge in [0, 0.05) is 4.47 Å². The third-order valence-corrected chi connectivity index (χ3v) is 4.19. The molecule has 0 aliphatic rings. The van der Waals surface area contributed by atoms with Crippen molar-refractivity contribution < 1.29 is 9.13 Å². The van der Waals surface area contributed by atoms with E-state index in [1.54, 1.807) is 13.2 Å². The fourth-order valence-electron chi connectivity index (χ4n) is 2.42. The average Bonchev–Trinajstić information content (AvgIpc) is 2.46. The van der Waals surface area contributed by atoms with Crippen molar-refractivity contribution in [2.24, 2.45) is 0 Å². The lowest BCUT2D eigenvalue weighted by atomic mass is 9.94. The normalized spacial score (nSPS) is 12.2. The summed E-state index contributed by atoms with van der Waals surface area (Å²) in [7, 11) is 1.65. The van der Waals surface area contributed by atoms with Crippen LogP contribution < -0.4 is 10.1 Å². The molecule has 2 rings (SSSR count). The van der Waals surface area contributed by atoms with E-state index < -0.39 is 0 Å². The molecule has 2 nitrogen and oxygen atoms in total. The van der Waals surface area contributed by atoms with E-state index in [0.717, 1.165) is 33.5 Å². The topological polar surface area (TPSA) is 21.3 Å². The molecule has 1 atom stereocenters. The van der Waals surface area contributed by atoms with Gasteiger partial charge in [0.2, 0.25) is 0 Å². The Morgan fingerprint density at radius 1 is 1.19 bits per heavy atom. The Labute approximate surface area is 133 Å². The van der Waals surface area contributed by atoms with Crippen LogP contribution in [0.3, 0.4) is 0 Å². The van der Waals surface area contributed by atoms with Crippen LogP contribution >= 0.6 is 15.9 Å². The van der Waals surface area contributed by atoms with Gasteiger partial charge in [-0.1, -0.05) is 28.9 Å². The van der Waals surface area contributed by atoms with Gasteiger partial charge in [0.05, 0.1) is 13.2 Å². The summed E-state index contributed by atoms with van der Waals surface area (Å²) in [6, 6.07) is 10.8. The van der Waals surface area contributed by atoms with Gasteiger partial charge < -0.3 is 10.1 Å². The van der Waals surface area contributed by atoms with Crippen LogP contribution in [0.25, 0.3) is 0 Å². The number of rotatable bonds is 5. The summed E-state index contributed by atoms with van der Waals surface area (Å²) < 4.78 is 19.7. The van der Waals surface area contributed by atoms with Gasteiger partial charge in [-0.05, 0) is 60.5 Å². The van der Waals surface area contributed by atoms with E-state index in [1.807, 2.05) is 31.2 Å². The Balaban J connectivity index is 2.52. The Morgan fingerprint density at radius 2 is 1.95 bits per heavy atom. The van der Waals surface area contributed by atoms with Crippen molar-refractivity contribution >= 4 is 15.9 Å². The van der Waals surface area contributed by atoms with E-state index in [9.17, 15) is 4.39 Å². The number of aryl methyl sites for hydroxylation is 1. The molecule has 4 heteroatoms. The Bertz CT molecular complexity index is 630. The first-order chi connectivity index (χ1) is 10.1. The van der Waals surface area contributed by atoms with Gasteiger partial charge in [-0.3, -0.25) is 0 Å². The van der Waals surface area contributed by atoms with Crippen LogP contribution in [-0.4, -0.2) is 13.7 Å². The molecule has 0 aliphatic heterocycles. The Hall–Kier alpha value is -1.39. The predicted molar refractivity (Wildman–Crippen MR) is 87.4 cm³/mol. The lowest BCUT2D eigenvalue weighted by Crippen LogP contribution is -2.23. The number of benzene rings is 2. The molecule has 0 amide bonds. The first-order valence-corrected chi connectivity index (χ1v) is 7.69. The summed E-state index contributed by atoms with van der Waals surface area (Å²) in [5.41, 5.74) is 3.06. The molecule has 0 aliphatic carbocycles. The van der Waals surface area contributed by atoms with Crippen LogP contribution in [0.4, 0.5) is 4.39 Å². The molecule has 112 valence electrons. The molecule has 1 unspecified atom stereocenters. The van der Waals surface area contributed by atoms with Gasteiger partial charge in [-0.25, -0.2) is 4.39 Å². The molecule has 0 spiro atoms. The van der Waals surface area contributed by atoms with Crippen molar-refractivity contribution in [2.75, 3.05) is 13.7 Å². The summed E-state index contributed by atoms with van der Waals surface area (Å²) in [6.45, 7) is 4.79. The molecule has 0 saturated carbocycles. The van der Waals surface area contributed by atoms with Gasteiger partial charge >= 0.3 is 0 Å². The minimum absolute atomic E-state index is 0.0138. The molecule has 0 bridgehead atoms. The van der Waals surface area contributed by atoms with Gasteiger partial charge in [0.25, 0.3) is 0 Å². The number of halogens is 2. The van der Waals surface area contributed by atoms with E-state index in [0.29, 0.717) is 0 Å². The first kappa shape index (κ1) is 16.0. The van der Waals surface area contributed by atoms with E-state index >= 15 is 0 Å². The molecular formula is C17H19BrFNO. The number of hydrogen-bond donors (Lipinski definition) is 1. The minimum atomic E-state index is -0.212. The smallest absolute Gasteiger partial charge is 0.123 e. The fraction of sp³-hybridized carbons (Fsp3) is 0.294. The summed E-state index contributed by atoms with van der Waals surface area (Å²) in [6.07, 6.45) is 0. The zero-order valence-corrected chi connectivity index (χ0v) is 14.0. The number of hydrogen-bond acceptors (Lipinski definition) is 2. The van der Waals surface area contributed by atoms with E-state index in [-0.39, 0.29) is 11.9 Å². The molecule has 2 aromatic rings.